The molecule has 0 bridgehead atoms. The van der Waals surface area contributed by atoms with Gasteiger partial charge in [-0.15, -0.1) is 0 Å². The van der Waals surface area contributed by atoms with Crippen LogP contribution in [0.4, 0.5) is 0 Å². The van der Waals surface area contributed by atoms with Gasteiger partial charge in [0, 0.05) is 4.90 Å². The standard InChI is InChI=1S/C17H16O4S/c1-17(2,3)19-16(18)12-9-10-13-14(21-20-13)15(12)22-11-7-5-4-6-8-11/h4-10H,1-3H3. The van der Waals surface area contributed by atoms with Crippen molar-refractivity contribution in [1.82, 2.24) is 0 Å². The quantitative estimate of drug-likeness (QED) is 0.495. The van der Waals surface area contributed by atoms with E-state index in [1.165, 1.54) is 11.8 Å². The van der Waals surface area contributed by atoms with E-state index in [4.69, 9.17) is 13.9 Å². The van der Waals surface area contributed by atoms with Gasteiger partial charge in [0.15, 0.2) is 0 Å². The van der Waals surface area contributed by atoms with Crippen molar-refractivity contribution in [3.63, 3.8) is 0 Å². The first kappa shape index (κ1) is 14.8. The zero-order valence-electron chi connectivity index (χ0n) is 12.6. The third kappa shape index (κ3) is 3.04. The van der Waals surface area contributed by atoms with E-state index in [2.05, 4.69) is 0 Å². The van der Waals surface area contributed by atoms with Crippen LogP contribution in [0.2, 0.25) is 0 Å². The molecule has 0 aliphatic heterocycles. The van der Waals surface area contributed by atoms with Gasteiger partial charge < -0.3 is 4.74 Å². The average Bonchev–Trinajstić information content (AvgIpc) is 2.40. The Labute approximate surface area is 132 Å². The van der Waals surface area contributed by atoms with Gasteiger partial charge in [-0.05, 0) is 45.0 Å². The molecule has 0 atom stereocenters. The molecule has 22 heavy (non-hydrogen) atoms. The van der Waals surface area contributed by atoms with Crippen LogP contribution < -0.4 is 0 Å². The highest BCUT2D eigenvalue weighted by atomic mass is 32.2. The van der Waals surface area contributed by atoms with E-state index in [1.807, 2.05) is 51.1 Å². The molecule has 114 valence electrons. The molecule has 0 aliphatic carbocycles. The second-order valence-electron chi connectivity index (χ2n) is 5.85. The van der Waals surface area contributed by atoms with Crippen molar-refractivity contribution in [2.75, 3.05) is 0 Å². The van der Waals surface area contributed by atoms with E-state index in [0.29, 0.717) is 21.6 Å². The lowest BCUT2D eigenvalue weighted by molar-refractivity contribution is 0.00629. The first-order valence-corrected chi connectivity index (χ1v) is 7.73. The second-order valence-corrected chi connectivity index (χ2v) is 6.94. The molecule has 5 heteroatoms. The highest BCUT2D eigenvalue weighted by Gasteiger charge is 2.25. The van der Waals surface area contributed by atoms with Gasteiger partial charge in [0.2, 0.25) is 11.2 Å². The summed E-state index contributed by atoms with van der Waals surface area (Å²) in [5.41, 5.74) is 1.14. The van der Waals surface area contributed by atoms with Gasteiger partial charge >= 0.3 is 5.97 Å². The topological polar surface area (TPSA) is 52.6 Å². The Kier molecular flexibility index (Phi) is 3.74. The summed E-state index contributed by atoms with van der Waals surface area (Å²) in [6.45, 7) is 5.53. The first-order valence-electron chi connectivity index (χ1n) is 6.92. The summed E-state index contributed by atoms with van der Waals surface area (Å²) in [5, 5.41) is 0. The third-order valence-electron chi connectivity index (χ3n) is 2.87. The van der Waals surface area contributed by atoms with E-state index in [1.54, 1.807) is 12.1 Å². The van der Waals surface area contributed by atoms with Crippen LogP contribution in [0, 0.1) is 0 Å². The molecule has 0 saturated heterocycles. The van der Waals surface area contributed by atoms with Crippen LogP contribution in [0.1, 0.15) is 31.1 Å². The lowest BCUT2D eigenvalue weighted by Gasteiger charge is -2.20. The number of benzene rings is 2. The lowest BCUT2D eigenvalue weighted by atomic mass is 10.1. The van der Waals surface area contributed by atoms with Crippen LogP contribution in [0.5, 0.6) is 0 Å². The van der Waals surface area contributed by atoms with Gasteiger partial charge in [-0.2, -0.15) is 0 Å². The molecule has 0 amide bonds. The number of hydrogen-bond acceptors (Lipinski definition) is 5. The molecule has 0 fully saturated rings. The monoisotopic (exact) mass is 316 g/mol. The van der Waals surface area contributed by atoms with E-state index >= 15 is 0 Å². The molecule has 2 aromatic carbocycles. The van der Waals surface area contributed by atoms with E-state index in [9.17, 15) is 4.79 Å². The van der Waals surface area contributed by atoms with Gasteiger partial charge in [0.05, 0.1) is 10.5 Å². The van der Waals surface area contributed by atoms with Crippen molar-refractivity contribution in [1.29, 1.82) is 0 Å². The van der Waals surface area contributed by atoms with Gasteiger partial charge in [-0.25, -0.2) is 4.79 Å². The van der Waals surface area contributed by atoms with Gasteiger partial charge in [-0.3, -0.25) is 9.15 Å². The van der Waals surface area contributed by atoms with Crippen molar-refractivity contribution in [2.24, 2.45) is 0 Å². The molecular formula is C17H16O4S. The summed E-state index contributed by atoms with van der Waals surface area (Å²) in [6, 6.07) is 13.2. The number of fused-ring (bicyclic) bond motifs is 1. The van der Waals surface area contributed by atoms with E-state index in [-0.39, 0.29) is 5.97 Å². The number of ether oxygens (including phenoxy) is 1. The Balaban J connectivity index is 2.00. The maximum absolute atomic E-state index is 12.4. The maximum Gasteiger partial charge on any atom is 0.339 e. The Bertz CT molecular complexity index is 793. The minimum atomic E-state index is -0.550. The predicted molar refractivity (Wildman–Crippen MR) is 84.2 cm³/mol. The van der Waals surface area contributed by atoms with Gasteiger partial charge in [0.1, 0.15) is 5.60 Å². The average molecular weight is 316 g/mol. The molecule has 0 aliphatic rings. The van der Waals surface area contributed by atoms with Crippen LogP contribution in [0.15, 0.2) is 61.4 Å². The molecular weight excluding hydrogens is 300 g/mol. The number of hydrogen-bond donors (Lipinski definition) is 0. The van der Waals surface area contributed by atoms with Crippen molar-refractivity contribution in [2.45, 2.75) is 36.2 Å². The largest absolute Gasteiger partial charge is 0.456 e. The Morgan fingerprint density at radius 1 is 1.05 bits per heavy atom. The second kappa shape index (κ2) is 5.57. The zero-order chi connectivity index (χ0) is 15.7. The van der Waals surface area contributed by atoms with Gasteiger partial charge in [0.25, 0.3) is 0 Å². The van der Waals surface area contributed by atoms with Crippen molar-refractivity contribution < 1.29 is 18.7 Å². The molecule has 0 spiro atoms. The Morgan fingerprint density at radius 3 is 2.36 bits per heavy atom. The molecule has 0 N–H and O–H groups in total. The summed E-state index contributed by atoms with van der Waals surface area (Å²) < 4.78 is 15.5. The summed E-state index contributed by atoms with van der Waals surface area (Å²) >= 11 is 1.45. The fraction of sp³-hybridized carbons (Fsp3) is 0.235. The normalized spacial score (nSPS) is 11.8. The van der Waals surface area contributed by atoms with Crippen LogP contribution in [-0.4, -0.2) is 11.6 Å². The fourth-order valence-corrected chi connectivity index (χ4v) is 2.96. The van der Waals surface area contributed by atoms with Crippen LogP contribution in [0.25, 0.3) is 11.2 Å². The molecule has 3 rings (SSSR count). The third-order valence-corrected chi connectivity index (χ3v) is 3.99. The molecule has 0 radical (unpaired) electrons. The summed E-state index contributed by atoms with van der Waals surface area (Å²) in [6.07, 6.45) is 0. The zero-order valence-corrected chi connectivity index (χ0v) is 13.4. The highest BCUT2D eigenvalue weighted by molar-refractivity contribution is 7.99. The molecule has 1 aromatic heterocycles. The van der Waals surface area contributed by atoms with Crippen LogP contribution >= 0.6 is 11.8 Å². The molecule has 1 heterocycles. The van der Waals surface area contributed by atoms with E-state index in [0.717, 1.165) is 4.90 Å². The predicted octanol–water partition coefficient (Wildman–Crippen LogP) is 5.13. The molecule has 3 aromatic rings. The molecule has 0 unspecified atom stereocenters. The number of esters is 1. The number of carbonyl (C=O) groups is 1. The van der Waals surface area contributed by atoms with Crippen LogP contribution in [0.3, 0.4) is 0 Å². The van der Waals surface area contributed by atoms with Crippen LogP contribution in [-0.2, 0) is 4.74 Å². The molecule has 0 saturated carbocycles. The summed E-state index contributed by atoms with van der Waals surface area (Å²) in [4.78, 5) is 14.1. The first-order chi connectivity index (χ1) is 10.4. The van der Waals surface area contributed by atoms with Crippen molar-refractivity contribution in [3.05, 3.63) is 48.0 Å². The van der Waals surface area contributed by atoms with Gasteiger partial charge in [-0.1, -0.05) is 30.0 Å². The van der Waals surface area contributed by atoms with E-state index < -0.39 is 5.60 Å². The summed E-state index contributed by atoms with van der Waals surface area (Å²) in [7, 11) is 0. The minimum absolute atomic E-state index is 0.371. The number of carbonyl (C=O) groups excluding carboxylic acids is 1. The van der Waals surface area contributed by atoms with Crippen molar-refractivity contribution >= 4 is 28.9 Å². The fourth-order valence-electron chi connectivity index (χ4n) is 1.94. The lowest BCUT2D eigenvalue weighted by Crippen LogP contribution is -2.24. The number of rotatable bonds is 3. The molecule has 4 nitrogen and oxygen atoms in total. The maximum atomic E-state index is 12.4. The van der Waals surface area contributed by atoms with Crippen molar-refractivity contribution in [3.8, 4) is 0 Å². The summed E-state index contributed by atoms with van der Waals surface area (Å²) in [5.74, 6) is -0.371. The Morgan fingerprint density at radius 2 is 1.77 bits per heavy atom. The SMILES string of the molecule is CC(C)(C)OC(=O)c1ccc2ooc2c1Sc1ccccc1. The Hall–Kier alpha value is -2.14. The smallest absolute Gasteiger partial charge is 0.339 e. The minimum Gasteiger partial charge on any atom is -0.456 e. The highest BCUT2D eigenvalue weighted by Crippen LogP contribution is 2.38.